The Morgan fingerprint density at radius 2 is 1.42 bits per heavy atom. The lowest BCUT2D eigenvalue weighted by molar-refractivity contribution is 0.102. The van der Waals surface area contributed by atoms with Crippen LogP contribution in [0, 0.1) is 13.1 Å². The number of rotatable bonds is 4. The largest absolute Gasteiger partial charge is 0.388 e. The average molecular weight is 450 g/mol. The van der Waals surface area contributed by atoms with Gasteiger partial charge in [-0.1, -0.05) is 80.4 Å². The van der Waals surface area contributed by atoms with E-state index in [0.717, 1.165) is 5.56 Å². The summed E-state index contributed by atoms with van der Waals surface area (Å²) < 4.78 is 0. The fourth-order valence-corrected chi connectivity index (χ4v) is 2.36. The second-order valence-electron chi connectivity index (χ2n) is 4.59. The molecular weight excluding hydrogens is 436 g/mol. The molecule has 0 heterocycles. The second kappa shape index (κ2) is 10.7. The van der Waals surface area contributed by atoms with Crippen LogP contribution in [-0.2, 0) is 0 Å². The number of ketones is 1. The van der Waals surface area contributed by atoms with Crippen molar-refractivity contribution in [2.24, 2.45) is 0 Å². The van der Waals surface area contributed by atoms with E-state index < -0.39 is 6.10 Å². The van der Waals surface area contributed by atoms with Gasteiger partial charge in [-0.05, 0) is 5.56 Å². The molecule has 0 fully saturated rings. The lowest BCUT2D eigenvalue weighted by atomic mass is 10.1. The van der Waals surface area contributed by atoms with Gasteiger partial charge in [0, 0.05) is 10.9 Å². The van der Waals surface area contributed by atoms with Crippen LogP contribution in [0.3, 0.4) is 0 Å². The number of carbonyl (C=O) groups excluding carboxylic acids is 1. The Bertz CT molecular complexity index is 745. The number of aliphatic hydroxyl groups is 1. The summed E-state index contributed by atoms with van der Waals surface area (Å²) in [5, 5.41) is 10.2. The van der Waals surface area contributed by atoms with Crippen molar-refractivity contribution in [3.05, 3.63) is 82.5 Å². The number of nitrogens with zero attached hydrogens (tertiary/aromatic N) is 2. The van der Waals surface area contributed by atoms with Crippen LogP contribution in [-0.4, -0.2) is 21.5 Å². The molecule has 0 aliphatic carbocycles. The third-order valence-electron chi connectivity index (χ3n) is 2.99. The first-order valence-electron chi connectivity index (χ1n) is 6.83. The van der Waals surface area contributed by atoms with Crippen LogP contribution in [0.15, 0.2) is 48.5 Å². The quantitative estimate of drug-likeness (QED) is 0.381. The highest BCUT2D eigenvalue weighted by molar-refractivity contribution is 9.09. The topological polar surface area (TPSA) is 46.0 Å². The smallest absolute Gasteiger partial charge is 0.187 e. The number of aliphatic hydroxyl groups excluding tert-OH is 1. The number of hydrogen-bond acceptors (Lipinski definition) is 2. The minimum Gasteiger partial charge on any atom is -0.388 e. The van der Waals surface area contributed by atoms with Crippen molar-refractivity contribution in [3.63, 3.8) is 0 Å². The van der Waals surface area contributed by atoms with Crippen LogP contribution in [0.4, 0.5) is 11.4 Å². The fraction of sp³-hybridized carbons (Fsp3) is 0.167. The normalized spacial score (nSPS) is 10.5. The molecule has 24 heavy (non-hydrogen) atoms. The zero-order chi connectivity index (χ0) is 17.9. The van der Waals surface area contributed by atoms with Crippen molar-refractivity contribution < 1.29 is 9.90 Å². The summed E-state index contributed by atoms with van der Waals surface area (Å²) in [4.78, 5) is 17.6. The molecule has 4 nitrogen and oxygen atoms in total. The number of halogens is 2. The zero-order valence-electron chi connectivity index (χ0n) is 12.6. The highest BCUT2D eigenvalue weighted by Crippen LogP contribution is 2.19. The highest BCUT2D eigenvalue weighted by Gasteiger charge is 2.04. The van der Waals surface area contributed by atoms with Gasteiger partial charge >= 0.3 is 0 Å². The van der Waals surface area contributed by atoms with Gasteiger partial charge in [0.25, 0.3) is 0 Å². The second-order valence-corrected chi connectivity index (χ2v) is 5.80. The number of carbonyl (C=O) groups is 1. The Labute approximate surface area is 158 Å². The van der Waals surface area contributed by atoms with Gasteiger partial charge in [0.05, 0.1) is 24.6 Å². The van der Waals surface area contributed by atoms with E-state index in [0.29, 0.717) is 27.6 Å². The maximum absolute atomic E-state index is 11.1. The van der Waals surface area contributed by atoms with E-state index in [-0.39, 0.29) is 5.78 Å². The fourth-order valence-electron chi connectivity index (χ4n) is 1.66. The van der Waals surface area contributed by atoms with Crippen molar-refractivity contribution in [1.82, 2.24) is 0 Å². The molecule has 0 amide bonds. The molecule has 6 heteroatoms. The Hall–Kier alpha value is -1.99. The number of benzene rings is 2. The summed E-state index contributed by atoms with van der Waals surface area (Å²) in [5.74, 6) is 0.0338. The molecule has 0 spiro atoms. The molecule has 1 N–H and O–H groups in total. The molecule has 2 aromatic carbocycles. The summed E-state index contributed by atoms with van der Waals surface area (Å²) in [7, 11) is 0. The number of hydrogen-bond donors (Lipinski definition) is 1. The summed E-state index contributed by atoms with van der Waals surface area (Å²) in [6, 6.07) is 13.5. The summed E-state index contributed by atoms with van der Waals surface area (Å²) in [6.07, 6.45) is -0.482. The lowest BCUT2D eigenvalue weighted by Crippen LogP contribution is -1.98. The average Bonchev–Trinajstić information content (AvgIpc) is 2.67. The van der Waals surface area contributed by atoms with E-state index in [1.54, 1.807) is 48.5 Å². The summed E-state index contributed by atoms with van der Waals surface area (Å²) in [6.45, 7) is 13.4. The maximum Gasteiger partial charge on any atom is 0.187 e. The Morgan fingerprint density at radius 1 is 0.958 bits per heavy atom. The first kappa shape index (κ1) is 20.1. The third-order valence-corrected chi connectivity index (χ3v) is 4.12. The minimum atomic E-state index is -0.482. The maximum atomic E-state index is 11.1. The number of alkyl halides is 2. The van der Waals surface area contributed by atoms with Crippen LogP contribution in [0.2, 0.25) is 0 Å². The van der Waals surface area contributed by atoms with Gasteiger partial charge in [-0.2, -0.15) is 0 Å². The first-order chi connectivity index (χ1) is 11.5. The van der Waals surface area contributed by atoms with Gasteiger partial charge < -0.3 is 5.11 Å². The van der Waals surface area contributed by atoms with E-state index in [1.807, 2.05) is 0 Å². The molecule has 0 unspecified atom stereocenters. The van der Waals surface area contributed by atoms with Gasteiger partial charge in [-0.15, -0.1) is 0 Å². The third kappa shape index (κ3) is 6.25. The molecule has 1 atom stereocenters. The van der Waals surface area contributed by atoms with Gasteiger partial charge in [-0.25, -0.2) is 9.69 Å². The molecule has 0 aromatic heterocycles. The predicted molar refractivity (Wildman–Crippen MR) is 102 cm³/mol. The van der Waals surface area contributed by atoms with E-state index >= 15 is 0 Å². The molecule has 2 rings (SSSR count). The molecule has 0 bridgehead atoms. The number of Topliss-reactive ketones (excluding diaryl/α,β-unsaturated/α-hetero) is 1. The molecule has 0 aliphatic rings. The standard InChI is InChI=1S/C9H8BrNO.C9H6BrNO/c2*1-11-8-4-2-7(3-5-8)9(12)6-10/h2-5,9,12H,6H2;2-5H,6H2/t9-;/m1./s1. The molecule has 0 saturated carbocycles. The Kier molecular flexibility index (Phi) is 8.96. The molecular formula is C18H14Br2N2O2. The monoisotopic (exact) mass is 448 g/mol. The van der Waals surface area contributed by atoms with Crippen LogP contribution >= 0.6 is 31.9 Å². The van der Waals surface area contributed by atoms with Crippen LogP contribution in [0.5, 0.6) is 0 Å². The van der Waals surface area contributed by atoms with Crippen molar-refractivity contribution >= 4 is 49.0 Å². The van der Waals surface area contributed by atoms with Gasteiger partial charge in [0.15, 0.2) is 17.2 Å². The predicted octanol–water partition coefficient (Wildman–Crippen LogP) is 5.48. The molecule has 122 valence electrons. The van der Waals surface area contributed by atoms with Gasteiger partial charge in [0.1, 0.15) is 0 Å². The first-order valence-corrected chi connectivity index (χ1v) is 9.08. The lowest BCUT2D eigenvalue weighted by Gasteiger charge is -2.05. The molecule has 0 radical (unpaired) electrons. The van der Waals surface area contributed by atoms with E-state index in [9.17, 15) is 9.90 Å². The van der Waals surface area contributed by atoms with Crippen molar-refractivity contribution in [2.45, 2.75) is 6.10 Å². The molecule has 2 aromatic rings. The molecule has 0 saturated heterocycles. The van der Waals surface area contributed by atoms with E-state index in [4.69, 9.17) is 13.1 Å². The summed E-state index contributed by atoms with van der Waals surface area (Å²) in [5.41, 5.74) is 2.63. The zero-order valence-corrected chi connectivity index (χ0v) is 15.8. The molecule has 0 aliphatic heterocycles. The van der Waals surface area contributed by atoms with Crippen LogP contribution < -0.4 is 0 Å². The van der Waals surface area contributed by atoms with Crippen LogP contribution in [0.1, 0.15) is 22.0 Å². The van der Waals surface area contributed by atoms with E-state index in [1.165, 1.54) is 0 Å². The van der Waals surface area contributed by atoms with Crippen molar-refractivity contribution in [1.29, 1.82) is 0 Å². The van der Waals surface area contributed by atoms with Gasteiger partial charge in [0.2, 0.25) is 0 Å². The Morgan fingerprint density at radius 3 is 1.79 bits per heavy atom. The highest BCUT2D eigenvalue weighted by atomic mass is 79.9. The van der Waals surface area contributed by atoms with E-state index in [2.05, 4.69) is 41.5 Å². The van der Waals surface area contributed by atoms with Crippen molar-refractivity contribution in [3.8, 4) is 0 Å². The SMILES string of the molecule is [C-]#[N+]c1ccc(C(=O)CBr)cc1.[C-]#[N+]c1ccc([C@H](O)CBr)cc1. The minimum absolute atomic E-state index is 0.0338. The Balaban J connectivity index is 0.000000240. The summed E-state index contributed by atoms with van der Waals surface area (Å²) >= 11 is 6.25. The van der Waals surface area contributed by atoms with Crippen molar-refractivity contribution in [2.75, 3.05) is 10.7 Å². The van der Waals surface area contributed by atoms with Gasteiger partial charge in [-0.3, -0.25) is 4.79 Å². The van der Waals surface area contributed by atoms with Crippen LogP contribution in [0.25, 0.3) is 9.69 Å².